The van der Waals surface area contributed by atoms with Crippen LogP contribution in [0.15, 0.2) is 29.4 Å². The summed E-state index contributed by atoms with van der Waals surface area (Å²) in [5.74, 6) is 0.615. The van der Waals surface area contributed by atoms with Gasteiger partial charge in [-0.3, -0.25) is 9.69 Å². The van der Waals surface area contributed by atoms with E-state index in [0.717, 1.165) is 70.2 Å². The molecule has 5 heteroatoms. The van der Waals surface area contributed by atoms with Crippen molar-refractivity contribution in [2.45, 2.75) is 53.0 Å². The molecule has 1 saturated carbocycles. The summed E-state index contributed by atoms with van der Waals surface area (Å²) < 4.78 is 5.38. The predicted molar refractivity (Wildman–Crippen MR) is 109 cm³/mol. The van der Waals surface area contributed by atoms with Gasteiger partial charge in [0.05, 0.1) is 13.2 Å². The maximum atomic E-state index is 12.4. The molecule has 27 heavy (non-hydrogen) atoms. The Labute approximate surface area is 163 Å². The second-order valence-electron chi connectivity index (χ2n) is 8.84. The molecule has 5 nitrogen and oxygen atoms in total. The van der Waals surface area contributed by atoms with Crippen molar-refractivity contribution in [2.75, 3.05) is 26.3 Å². The van der Waals surface area contributed by atoms with E-state index < -0.39 is 0 Å². The first-order valence-electron chi connectivity index (χ1n) is 10.2. The summed E-state index contributed by atoms with van der Waals surface area (Å²) >= 11 is 0. The summed E-state index contributed by atoms with van der Waals surface area (Å²) in [5, 5.41) is 4.39. The first-order valence-corrected chi connectivity index (χ1v) is 10.2. The van der Waals surface area contributed by atoms with Crippen molar-refractivity contribution in [2.24, 2.45) is 16.4 Å². The third kappa shape index (κ3) is 5.88. The molecule has 1 aromatic carbocycles. The van der Waals surface area contributed by atoms with E-state index in [2.05, 4.69) is 36.2 Å². The number of morpholine rings is 1. The van der Waals surface area contributed by atoms with Crippen molar-refractivity contribution in [3.63, 3.8) is 0 Å². The van der Waals surface area contributed by atoms with E-state index in [0.29, 0.717) is 11.0 Å². The van der Waals surface area contributed by atoms with E-state index >= 15 is 0 Å². The standard InChI is InChI=1S/C22H33N3O2/c1-22(2,3)19-8-10-20(11-9-19)23-24-21(26)18-6-4-17(5-7-18)16-25-12-14-27-15-13-25/h4-7,19H,8-16H2,1-3H3,(H,24,26). The molecule has 2 aliphatic rings. The lowest BCUT2D eigenvalue weighted by Gasteiger charge is -2.34. The van der Waals surface area contributed by atoms with Crippen molar-refractivity contribution in [3.05, 3.63) is 35.4 Å². The Morgan fingerprint density at radius 3 is 2.37 bits per heavy atom. The maximum Gasteiger partial charge on any atom is 0.271 e. The van der Waals surface area contributed by atoms with E-state index in [-0.39, 0.29) is 5.91 Å². The zero-order valence-electron chi connectivity index (χ0n) is 17.0. The van der Waals surface area contributed by atoms with Gasteiger partial charge in [-0.1, -0.05) is 32.9 Å². The lowest BCUT2D eigenvalue weighted by molar-refractivity contribution is 0.0342. The number of carbonyl (C=O) groups is 1. The Hall–Kier alpha value is -1.72. The molecule has 0 atom stereocenters. The average molecular weight is 372 g/mol. The largest absolute Gasteiger partial charge is 0.379 e. The van der Waals surface area contributed by atoms with Gasteiger partial charge in [0.15, 0.2) is 0 Å². The topological polar surface area (TPSA) is 53.9 Å². The number of amides is 1. The highest BCUT2D eigenvalue weighted by Gasteiger charge is 2.28. The van der Waals surface area contributed by atoms with Crippen LogP contribution in [0.4, 0.5) is 0 Å². The second kappa shape index (κ2) is 8.98. The van der Waals surface area contributed by atoms with Crippen LogP contribution in [0.1, 0.15) is 62.4 Å². The van der Waals surface area contributed by atoms with E-state index in [1.54, 1.807) is 0 Å². The molecular formula is C22H33N3O2. The summed E-state index contributed by atoms with van der Waals surface area (Å²) in [6.07, 6.45) is 4.30. The molecule has 1 aromatic rings. The predicted octanol–water partition coefficient (Wildman–Crippen LogP) is 3.84. The zero-order valence-corrected chi connectivity index (χ0v) is 17.0. The minimum absolute atomic E-state index is 0.127. The lowest BCUT2D eigenvalue weighted by Crippen LogP contribution is -2.35. The van der Waals surface area contributed by atoms with E-state index in [4.69, 9.17) is 4.74 Å². The van der Waals surface area contributed by atoms with Gasteiger partial charge in [0.2, 0.25) is 0 Å². The summed E-state index contributed by atoms with van der Waals surface area (Å²) in [7, 11) is 0. The number of carbonyl (C=O) groups excluding carboxylic acids is 1. The number of nitrogens with one attached hydrogen (secondary N) is 1. The number of nitrogens with zero attached hydrogens (tertiary/aromatic N) is 2. The summed E-state index contributed by atoms with van der Waals surface area (Å²) in [6, 6.07) is 7.85. The fraction of sp³-hybridized carbons (Fsp3) is 0.636. The third-order valence-corrected chi connectivity index (χ3v) is 5.83. The van der Waals surface area contributed by atoms with Crippen LogP contribution in [-0.4, -0.2) is 42.8 Å². The van der Waals surface area contributed by atoms with E-state index in [9.17, 15) is 4.79 Å². The van der Waals surface area contributed by atoms with Crippen LogP contribution in [0.2, 0.25) is 0 Å². The van der Waals surface area contributed by atoms with Crippen molar-refractivity contribution < 1.29 is 9.53 Å². The number of hydrazone groups is 1. The van der Waals surface area contributed by atoms with Crippen LogP contribution < -0.4 is 5.43 Å². The minimum Gasteiger partial charge on any atom is -0.379 e. The number of hydrogen-bond acceptors (Lipinski definition) is 4. The molecule has 1 heterocycles. The SMILES string of the molecule is CC(C)(C)C1CCC(=NNC(=O)c2ccc(CN3CCOCC3)cc2)CC1. The monoisotopic (exact) mass is 371 g/mol. The van der Waals surface area contributed by atoms with Crippen molar-refractivity contribution in [3.8, 4) is 0 Å². The molecule has 148 valence electrons. The van der Waals surface area contributed by atoms with Gasteiger partial charge in [-0.2, -0.15) is 5.10 Å². The Morgan fingerprint density at radius 2 is 1.78 bits per heavy atom. The molecule has 1 N–H and O–H groups in total. The fourth-order valence-electron chi connectivity index (χ4n) is 3.90. The number of rotatable bonds is 4. The molecule has 1 aliphatic heterocycles. The van der Waals surface area contributed by atoms with Crippen LogP contribution in [0.3, 0.4) is 0 Å². The maximum absolute atomic E-state index is 12.4. The molecule has 3 rings (SSSR count). The molecule has 0 aromatic heterocycles. The second-order valence-corrected chi connectivity index (χ2v) is 8.84. The summed E-state index contributed by atoms with van der Waals surface area (Å²) in [5.41, 5.74) is 6.11. The molecule has 1 amide bonds. The van der Waals surface area contributed by atoms with E-state index in [1.165, 1.54) is 5.56 Å². The van der Waals surface area contributed by atoms with Gasteiger partial charge < -0.3 is 4.74 Å². The average Bonchev–Trinajstić information content (AvgIpc) is 2.67. The van der Waals surface area contributed by atoms with Crippen molar-refractivity contribution >= 4 is 11.6 Å². The summed E-state index contributed by atoms with van der Waals surface area (Å²) in [4.78, 5) is 14.7. The van der Waals surface area contributed by atoms with Crippen molar-refractivity contribution in [1.82, 2.24) is 10.3 Å². The van der Waals surface area contributed by atoms with Gasteiger partial charge in [-0.25, -0.2) is 5.43 Å². The highest BCUT2D eigenvalue weighted by Crippen LogP contribution is 2.36. The van der Waals surface area contributed by atoms with Crippen LogP contribution >= 0.6 is 0 Å². The molecule has 0 bridgehead atoms. The van der Waals surface area contributed by atoms with Gasteiger partial charge in [-0.05, 0) is 54.7 Å². The lowest BCUT2D eigenvalue weighted by atomic mass is 9.72. The summed E-state index contributed by atoms with van der Waals surface area (Å²) in [6.45, 7) is 11.4. The number of benzene rings is 1. The van der Waals surface area contributed by atoms with Gasteiger partial charge in [-0.15, -0.1) is 0 Å². The Balaban J connectivity index is 1.48. The fourth-order valence-corrected chi connectivity index (χ4v) is 3.90. The Morgan fingerprint density at radius 1 is 1.15 bits per heavy atom. The highest BCUT2D eigenvalue weighted by atomic mass is 16.5. The first kappa shape index (κ1) is 20.0. The molecular weight excluding hydrogens is 338 g/mol. The van der Waals surface area contributed by atoms with Crippen LogP contribution in [0.25, 0.3) is 0 Å². The van der Waals surface area contributed by atoms with Crippen LogP contribution in [-0.2, 0) is 11.3 Å². The van der Waals surface area contributed by atoms with E-state index in [1.807, 2.05) is 24.3 Å². The molecule has 1 saturated heterocycles. The van der Waals surface area contributed by atoms with Gasteiger partial charge >= 0.3 is 0 Å². The number of hydrogen-bond donors (Lipinski definition) is 1. The minimum atomic E-state index is -0.127. The Bertz CT molecular complexity index is 645. The molecule has 2 fully saturated rings. The molecule has 1 aliphatic carbocycles. The van der Waals surface area contributed by atoms with Crippen LogP contribution in [0, 0.1) is 11.3 Å². The zero-order chi connectivity index (χ0) is 19.3. The van der Waals surface area contributed by atoms with Crippen LogP contribution in [0.5, 0.6) is 0 Å². The highest BCUT2D eigenvalue weighted by molar-refractivity contribution is 5.95. The van der Waals surface area contributed by atoms with Crippen molar-refractivity contribution in [1.29, 1.82) is 0 Å². The third-order valence-electron chi connectivity index (χ3n) is 5.83. The normalized spacial score (nSPS) is 21.7. The van der Waals surface area contributed by atoms with Gasteiger partial charge in [0, 0.05) is 30.9 Å². The Kier molecular flexibility index (Phi) is 6.66. The quantitative estimate of drug-likeness (QED) is 0.818. The number of ether oxygens (including phenoxy) is 1. The van der Waals surface area contributed by atoms with Gasteiger partial charge in [0.25, 0.3) is 5.91 Å². The molecule has 0 spiro atoms. The molecule has 0 unspecified atom stereocenters. The first-order chi connectivity index (χ1) is 12.9. The molecule has 0 radical (unpaired) electrons. The van der Waals surface area contributed by atoms with Gasteiger partial charge in [0.1, 0.15) is 0 Å². The smallest absolute Gasteiger partial charge is 0.271 e.